The summed E-state index contributed by atoms with van der Waals surface area (Å²) in [6.07, 6.45) is -4.46. The number of carbonyl (C=O) groups excluding carboxylic acids is 1. The molecule has 0 radical (unpaired) electrons. The molecule has 0 N–H and O–H groups in total. The Labute approximate surface area is 112 Å². The van der Waals surface area contributed by atoms with Gasteiger partial charge in [-0.25, -0.2) is 4.39 Å². The Morgan fingerprint density at radius 2 is 1.95 bits per heavy atom. The summed E-state index contributed by atoms with van der Waals surface area (Å²) in [5.41, 5.74) is 0. The van der Waals surface area contributed by atoms with E-state index in [1.165, 1.54) is 6.07 Å². The van der Waals surface area contributed by atoms with Crippen LogP contribution in [-0.4, -0.2) is 36.3 Å². The lowest BCUT2D eigenvalue weighted by Crippen LogP contribution is -2.35. The Kier molecular flexibility index (Phi) is 5.65. The van der Waals surface area contributed by atoms with Gasteiger partial charge in [-0.05, 0) is 12.1 Å². The van der Waals surface area contributed by atoms with Crippen LogP contribution in [0.1, 0.15) is 6.42 Å². The number of amides is 1. The van der Waals surface area contributed by atoms with Crippen molar-refractivity contribution in [1.82, 2.24) is 4.90 Å². The average Bonchev–Trinajstić information content (AvgIpc) is 2.29. The van der Waals surface area contributed by atoms with Crippen molar-refractivity contribution in [3.8, 4) is 0 Å². The fourth-order valence-electron chi connectivity index (χ4n) is 1.36. The third-order valence-electron chi connectivity index (χ3n) is 2.25. The van der Waals surface area contributed by atoms with Gasteiger partial charge in [0.1, 0.15) is 12.4 Å². The van der Waals surface area contributed by atoms with Crippen LogP contribution in [0.2, 0.25) is 0 Å². The molecule has 0 saturated carbocycles. The van der Waals surface area contributed by atoms with Crippen molar-refractivity contribution in [2.75, 3.05) is 19.3 Å². The third-order valence-corrected chi connectivity index (χ3v) is 3.30. The maximum Gasteiger partial charge on any atom is 0.406 e. The largest absolute Gasteiger partial charge is 0.406 e. The number of hydrogen-bond acceptors (Lipinski definition) is 2. The van der Waals surface area contributed by atoms with Crippen LogP contribution in [0, 0.1) is 5.82 Å². The molecule has 0 aliphatic carbocycles. The van der Waals surface area contributed by atoms with Gasteiger partial charge in [0.15, 0.2) is 0 Å². The summed E-state index contributed by atoms with van der Waals surface area (Å²) in [4.78, 5) is 12.4. The molecule has 19 heavy (non-hydrogen) atoms. The number of rotatable bonds is 5. The van der Waals surface area contributed by atoms with Crippen LogP contribution >= 0.6 is 11.8 Å². The number of benzene rings is 1. The molecular formula is C12H13F4NOS. The standard InChI is InChI=1S/C12H13F4NOS/c1-17(8-12(14,15)16)11(18)6-7-19-10-5-3-2-4-9(10)13/h2-5H,6-8H2,1H3. The van der Waals surface area contributed by atoms with E-state index in [1.54, 1.807) is 18.2 Å². The molecule has 1 aromatic carbocycles. The molecule has 0 spiro atoms. The first-order valence-electron chi connectivity index (χ1n) is 5.47. The van der Waals surface area contributed by atoms with Crippen LogP contribution in [-0.2, 0) is 4.79 Å². The van der Waals surface area contributed by atoms with Gasteiger partial charge in [0.2, 0.25) is 5.91 Å². The van der Waals surface area contributed by atoms with Crippen LogP contribution in [0.15, 0.2) is 29.2 Å². The minimum atomic E-state index is -4.40. The number of alkyl halides is 3. The lowest BCUT2D eigenvalue weighted by atomic mass is 10.3. The highest BCUT2D eigenvalue weighted by atomic mass is 32.2. The summed E-state index contributed by atoms with van der Waals surface area (Å²) in [5, 5.41) is 0. The van der Waals surface area contributed by atoms with Gasteiger partial charge in [-0.2, -0.15) is 13.2 Å². The summed E-state index contributed by atoms with van der Waals surface area (Å²) in [6, 6.07) is 6.05. The lowest BCUT2D eigenvalue weighted by Gasteiger charge is -2.18. The highest BCUT2D eigenvalue weighted by molar-refractivity contribution is 7.99. The molecule has 2 nitrogen and oxygen atoms in total. The molecule has 1 amide bonds. The Bertz CT molecular complexity index is 436. The fourth-order valence-corrected chi connectivity index (χ4v) is 2.24. The highest BCUT2D eigenvalue weighted by Crippen LogP contribution is 2.22. The van der Waals surface area contributed by atoms with Crippen LogP contribution < -0.4 is 0 Å². The third kappa shape index (κ3) is 5.96. The SMILES string of the molecule is CN(CC(F)(F)F)C(=O)CCSc1ccccc1F. The molecule has 0 atom stereocenters. The molecule has 0 saturated heterocycles. The Morgan fingerprint density at radius 1 is 1.32 bits per heavy atom. The van der Waals surface area contributed by atoms with Crippen LogP contribution in [0.5, 0.6) is 0 Å². The second kappa shape index (κ2) is 6.79. The Balaban J connectivity index is 2.37. The zero-order chi connectivity index (χ0) is 14.5. The van der Waals surface area contributed by atoms with E-state index in [1.807, 2.05) is 0 Å². The summed E-state index contributed by atoms with van der Waals surface area (Å²) in [5.74, 6) is -0.771. The summed E-state index contributed by atoms with van der Waals surface area (Å²) in [6.45, 7) is -1.27. The summed E-state index contributed by atoms with van der Waals surface area (Å²) < 4.78 is 49.4. The molecular weight excluding hydrogens is 282 g/mol. The lowest BCUT2D eigenvalue weighted by molar-refractivity contribution is -0.158. The average molecular weight is 295 g/mol. The van der Waals surface area contributed by atoms with E-state index >= 15 is 0 Å². The summed E-state index contributed by atoms with van der Waals surface area (Å²) in [7, 11) is 1.10. The molecule has 1 rings (SSSR count). The molecule has 0 fully saturated rings. The van der Waals surface area contributed by atoms with Crippen molar-refractivity contribution in [1.29, 1.82) is 0 Å². The van der Waals surface area contributed by atoms with Gasteiger partial charge in [0, 0.05) is 24.1 Å². The monoisotopic (exact) mass is 295 g/mol. The maximum atomic E-state index is 13.2. The van der Waals surface area contributed by atoms with Crippen molar-refractivity contribution in [3.63, 3.8) is 0 Å². The van der Waals surface area contributed by atoms with Crippen molar-refractivity contribution in [2.45, 2.75) is 17.5 Å². The number of hydrogen-bond donors (Lipinski definition) is 0. The van der Waals surface area contributed by atoms with E-state index in [9.17, 15) is 22.4 Å². The molecule has 0 aliphatic rings. The van der Waals surface area contributed by atoms with Crippen molar-refractivity contribution < 1.29 is 22.4 Å². The molecule has 7 heteroatoms. The quantitative estimate of drug-likeness (QED) is 0.613. The maximum absolute atomic E-state index is 13.2. The molecule has 0 aromatic heterocycles. The summed E-state index contributed by atoms with van der Waals surface area (Å²) >= 11 is 1.11. The molecule has 0 bridgehead atoms. The van der Waals surface area contributed by atoms with Crippen LogP contribution in [0.3, 0.4) is 0 Å². The minimum Gasteiger partial charge on any atom is -0.337 e. The second-order valence-corrected chi connectivity index (χ2v) is 5.03. The smallest absolute Gasteiger partial charge is 0.337 e. The topological polar surface area (TPSA) is 20.3 Å². The molecule has 106 valence electrons. The van der Waals surface area contributed by atoms with Crippen molar-refractivity contribution in [3.05, 3.63) is 30.1 Å². The van der Waals surface area contributed by atoms with E-state index in [-0.39, 0.29) is 12.2 Å². The molecule has 0 unspecified atom stereocenters. The van der Waals surface area contributed by atoms with Crippen molar-refractivity contribution in [2.24, 2.45) is 0 Å². The first-order valence-corrected chi connectivity index (χ1v) is 6.46. The van der Waals surface area contributed by atoms with E-state index < -0.39 is 24.4 Å². The second-order valence-electron chi connectivity index (χ2n) is 3.89. The van der Waals surface area contributed by atoms with E-state index in [2.05, 4.69) is 0 Å². The highest BCUT2D eigenvalue weighted by Gasteiger charge is 2.30. The van der Waals surface area contributed by atoms with Crippen LogP contribution in [0.4, 0.5) is 17.6 Å². The van der Waals surface area contributed by atoms with Gasteiger partial charge in [0.05, 0.1) is 0 Å². The van der Waals surface area contributed by atoms with Gasteiger partial charge in [-0.15, -0.1) is 11.8 Å². The predicted octanol–water partition coefficient (Wildman–Crippen LogP) is 3.33. The zero-order valence-electron chi connectivity index (χ0n) is 10.2. The first kappa shape index (κ1) is 15.8. The molecule has 0 aliphatic heterocycles. The first-order chi connectivity index (χ1) is 8.79. The predicted molar refractivity (Wildman–Crippen MR) is 65.4 cm³/mol. The Morgan fingerprint density at radius 3 is 2.53 bits per heavy atom. The fraction of sp³-hybridized carbons (Fsp3) is 0.417. The van der Waals surface area contributed by atoms with Crippen LogP contribution in [0.25, 0.3) is 0 Å². The van der Waals surface area contributed by atoms with Gasteiger partial charge in [0.25, 0.3) is 0 Å². The van der Waals surface area contributed by atoms with Gasteiger partial charge in [-0.3, -0.25) is 4.79 Å². The number of nitrogens with zero attached hydrogens (tertiary/aromatic N) is 1. The van der Waals surface area contributed by atoms with E-state index in [4.69, 9.17) is 0 Å². The van der Waals surface area contributed by atoms with E-state index in [0.717, 1.165) is 18.8 Å². The number of carbonyl (C=O) groups is 1. The number of thioether (sulfide) groups is 1. The zero-order valence-corrected chi connectivity index (χ0v) is 11.0. The van der Waals surface area contributed by atoms with Gasteiger partial charge >= 0.3 is 6.18 Å². The van der Waals surface area contributed by atoms with Crippen molar-refractivity contribution >= 4 is 17.7 Å². The van der Waals surface area contributed by atoms with Gasteiger partial charge in [-0.1, -0.05) is 12.1 Å². The molecule has 1 aromatic rings. The minimum absolute atomic E-state index is 0.0639. The van der Waals surface area contributed by atoms with E-state index in [0.29, 0.717) is 9.80 Å². The molecule has 0 heterocycles. The number of halogens is 4. The Hall–Kier alpha value is -1.24. The normalized spacial score (nSPS) is 11.4. The van der Waals surface area contributed by atoms with Gasteiger partial charge < -0.3 is 4.90 Å².